The first-order valence-corrected chi connectivity index (χ1v) is 6.86. The standard InChI is InChI=1S/C15H18ClFN2O/c1-20-8-6-18-10-13-3-2-7-19(13)11-12-4-5-14(16)15(17)9-12/h2-5,7,9,18H,6,8,10-11H2,1H3. The minimum Gasteiger partial charge on any atom is -0.383 e. The van der Waals surface area contributed by atoms with E-state index in [1.165, 1.54) is 6.07 Å². The van der Waals surface area contributed by atoms with Gasteiger partial charge in [-0.25, -0.2) is 4.39 Å². The van der Waals surface area contributed by atoms with Gasteiger partial charge in [0.25, 0.3) is 0 Å². The van der Waals surface area contributed by atoms with Crippen LogP contribution in [0.2, 0.25) is 5.02 Å². The Morgan fingerprint density at radius 1 is 1.35 bits per heavy atom. The lowest BCUT2D eigenvalue weighted by Gasteiger charge is -2.11. The molecule has 2 rings (SSSR count). The molecule has 1 N–H and O–H groups in total. The molecule has 2 aromatic rings. The predicted octanol–water partition coefficient (Wildman–Crippen LogP) is 3.06. The van der Waals surface area contributed by atoms with E-state index < -0.39 is 0 Å². The smallest absolute Gasteiger partial charge is 0.142 e. The van der Waals surface area contributed by atoms with E-state index in [1.807, 2.05) is 24.4 Å². The molecular formula is C15H18ClFN2O. The van der Waals surface area contributed by atoms with Gasteiger partial charge in [-0.15, -0.1) is 0 Å². The average Bonchev–Trinajstić information content (AvgIpc) is 2.86. The van der Waals surface area contributed by atoms with Crippen LogP contribution in [0.5, 0.6) is 0 Å². The minimum atomic E-state index is -0.379. The van der Waals surface area contributed by atoms with Crippen molar-refractivity contribution < 1.29 is 9.13 Å². The fourth-order valence-corrected chi connectivity index (χ4v) is 2.11. The van der Waals surface area contributed by atoms with Crippen molar-refractivity contribution in [3.63, 3.8) is 0 Å². The second-order valence-electron chi connectivity index (χ2n) is 4.55. The maximum absolute atomic E-state index is 13.4. The van der Waals surface area contributed by atoms with E-state index in [0.29, 0.717) is 13.2 Å². The molecular weight excluding hydrogens is 279 g/mol. The number of ether oxygens (including phenoxy) is 1. The summed E-state index contributed by atoms with van der Waals surface area (Å²) in [5.41, 5.74) is 2.04. The number of rotatable bonds is 7. The van der Waals surface area contributed by atoms with Gasteiger partial charge in [0.1, 0.15) is 5.82 Å². The monoisotopic (exact) mass is 296 g/mol. The van der Waals surface area contributed by atoms with Crippen molar-refractivity contribution >= 4 is 11.6 Å². The molecule has 0 aliphatic rings. The molecule has 0 amide bonds. The highest BCUT2D eigenvalue weighted by Crippen LogP contribution is 2.17. The molecule has 0 unspecified atom stereocenters. The number of methoxy groups -OCH3 is 1. The fourth-order valence-electron chi connectivity index (χ4n) is 1.99. The van der Waals surface area contributed by atoms with Crippen molar-refractivity contribution in [3.05, 3.63) is 58.6 Å². The van der Waals surface area contributed by atoms with Crippen LogP contribution in [0.25, 0.3) is 0 Å². The van der Waals surface area contributed by atoms with Gasteiger partial charge in [0.05, 0.1) is 11.6 Å². The van der Waals surface area contributed by atoms with Crippen LogP contribution in [0.15, 0.2) is 36.5 Å². The Labute approximate surface area is 123 Å². The van der Waals surface area contributed by atoms with E-state index in [1.54, 1.807) is 13.2 Å². The summed E-state index contributed by atoms with van der Waals surface area (Å²) in [6, 6.07) is 8.94. The number of halogens is 2. The molecule has 3 nitrogen and oxygen atoms in total. The van der Waals surface area contributed by atoms with Crippen LogP contribution in [0.3, 0.4) is 0 Å². The molecule has 5 heteroatoms. The molecule has 0 spiro atoms. The van der Waals surface area contributed by atoms with Crippen LogP contribution in [0, 0.1) is 5.82 Å². The topological polar surface area (TPSA) is 26.2 Å². The molecule has 108 valence electrons. The van der Waals surface area contributed by atoms with Gasteiger partial charge in [-0.3, -0.25) is 0 Å². The van der Waals surface area contributed by atoms with Crippen molar-refractivity contribution in [2.75, 3.05) is 20.3 Å². The third-order valence-corrected chi connectivity index (χ3v) is 3.36. The molecule has 0 aliphatic heterocycles. The highest BCUT2D eigenvalue weighted by molar-refractivity contribution is 6.30. The summed E-state index contributed by atoms with van der Waals surface area (Å²) in [6.45, 7) is 2.87. The SMILES string of the molecule is COCCNCc1cccn1Cc1ccc(Cl)c(F)c1. The Balaban J connectivity index is 1.99. The summed E-state index contributed by atoms with van der Waals surface area (Å²) >= 11 is 5.69. The maximum Gasteiger partial charge on any atom is 0.142 e. The molecule has 0 radical (unpaired) electrons. The van der Waals surface area contributed by atoms with Crippen molar-refractivity contribution in [1.82, 2.24) is 9.88 Å². The summed E-state index contributed by atoms with van der Waals surface area (Å²) in [4.78, 5) is 0. The van der Waals surface area contributed by atoms with Crippen LogP contribution in [0.4, 0.5) is 4.39 Å². The molecule has 1 aromatic carbocycles. The largest absolute Gasteiger partial charge is 0.383 e. The number of aromatic nitrogens is 1. The minimum absolute atomic E-state index is 0.155. The van der Waals surface area contributed by atoms with Crippen LogP contribution >= 0.6 is 11.6 Å². The van der Waals surface area contributed by atoms with Gasteiger partial charge >= 0.3 is 0 Å². The van der Waals surface area contributed by atoms with E-state index in [0.717, 1.165) is 24.3 Å². The zero-order valence-electron chi connectivity index (χ0n) is 11.4. The lowest BCUT2D eigenvalue weighted by Crippen LogP contribution is -2.20. The first-order chi connectivity index (χ1) is 9.70. The molecule has 20 heavy (non-hydrogen) atoms. The predicted molar refractivity (Wildman–Crippen MR) is 78.5 cm³/mol. The number of benzene rings is 1. The van der Waals surface area contributed by atoms with Crippen LogP contribution < -0.4 is 5.32 Å². The van der Waals surface area contributed by atoms with Crippen molar-refractivity contribution in [2.24, 2.45) is 0 Å². The Morgan fingerprint density at radius 2 is 2.20 bits per heavy atom. The summed E-state index contributed by atoms with van der Waals surface area (Å²) in [7, 11) is 1.68. The zero-order chi connectivity index (χ0) is 14.4. The van der Waals surface area contributed by atoms with E-state index in [-0.39, 0.29) is 10.8 Å². The summed E-state index contributed by atoms with van der Waals surface area (Å²) < 4.78 is 20.5. The molecule has 0 atom stereocenters. The number of nitrogens with one attached hydrogen (secondary N) is 1. The average molecular weight is 297 g/mol. The third kappa shape index (κ3) is 4.07. The molecule has 1 heterocycles. The van der Waals surface area contributed by atoms with Gasteiger partial charge in [0.15, 0.2) is 0 Å². The summed E-state index contributed by atoms with van der Waals surface area (Å²) in [5.74, 6) is -0.379. The number of hydrogen-bond acceptors (Lipinski definition) is 2. The molecule has 0 fully saturated rings. The first-order valence-electron chi connectivity index (χ1n) is 6.48. The third-order valence-electron chi connectivity index (χ3n) is 3.05. The van der Waals surface area contributed by atoms with E-state index in [9.17, 15) is 4.39 Å². The Bertz CT molecular complexity index is 557. The van der Waals surface area contributed by atoms with Gasteiger partial charge < -0.3 is 14.6 Å². The molecule has 0 saturated heterocycles. The summed E-state index contributed by atoms with van der Waals surface area (Å²) in [5, 5.41) is 3.45. The van der Waals surface area contributed by atoms with Gasteiger partial charge in [0.2, 0.25) is 0 Å². The molecule has 0 saturated carbocycles. The van der Waals surface area contributed by atoms with Gasteiger partial charge in [0, 0.05) is 38.6 Å². The molecule has 0 aliphatic carbocycles. The molecule has 1 aromatic heterocycles. The second-order valence-corrected chi connectivity index (χ2v) is 4.95. The quantitative estimate of drug-likeness (QED) is 0.795. The van der Waals surface area contributed by atoms with E-state index in [4.69, 9.17) is 16.3 Å². The fraction of sp³-hybridized carbons (Fsp3) is 0.333. The Kier molecular flexibility index (Phi) is 5.59. The normalized spacial score (nSPS) is 10.9. The Morgan fingerprint density at radius 3 is 2.95 bits per heavy atom. The van der Waals surface area contributed by atoms with Gasteiger partial charge in [-0.2, -0.15) is 0 Å². The Hall–Kier alpha value is -1.36. The van der Waals surface area contributed by atoms with Crippen molar-refractivity contribution in [3.8, 4) is 0 Å². The molecule has 0 bridgehead atoms. The number of hydrogen-bond donors (Lipinski definition) is 1. The lowest BCUT2D eigenvalue weighted by molar-refractivity contribution is 0.199. The summed E-state index contributed by atoms with van der Waals surface area (Å²) in [6.07, 6.45) is 1.99. The highest BCUT2D eigenvalue weighted by Gasteiger charge is 2.04. The van der Waals surface area contributed by atoms with Crippen LogP contribution in [-0.2, 0) is 17.8 Å². The van der Waals surface area contributed by atoms with Gasteiger partial charge in [-0.05, 0) is 29.8 Å². The first kappa shape index (κ1) is 15.0. The number of nitrogens with zero attached hydrogens (tertiary/aromatic N) is 1. The zero-order valence-corrected chi connectivity index (χ0v) is 12.2. The lowest BCUT2D eigenvalue weighted by atomic mass is 10.2. The second kappa shape index (κ2) is 7.43. The van der Waals surface area contributed by atoms with Crippen LogP contribution in [0.1, 0.15) is 11.3 Å². The van der Waals surface area contributed by atoms with Gasteiger partial charge in [-0.1, -0.05) is 17.7 Å². The maximum atomic E-state index is 13.4. The van der Waals surface area contributed by atoms with Crippen molar-refractivity contribution in [1.29, 1.82) is 0 Å². The van der Waals surface area contributed by atoms with E-state index in [2.05, 4.69) is 9.88 Å². The van der Waals surface area contributed by atoms with Crippen LogP contribution in [-0.4, -0.2) is 24.8 Å². The highest BCUT2D eigenvalue weighted by atomic mass is 35.5. The van der Waals surface area contributed by atoms with E-state index >= 15 is 0 Å². The van der Waals surface area contributed by atoms with Crippen molar-refractivity contribution in [2.45, 2.75) is 13.1 Å².